The summed E-state index contributed by atoms with van der Waals surface area (Å²) in [6, 6.07) is 0. The van der Waals surface area contributed by atoms with Gasteiger partial charge in [0.25, 0.3) is 5.91 Å². The molecular formula is C8H12F3N5O. The third-order valence-corrected chi connectivity index (χ3v) is 1.88. The summed E-state index contributed by atoms with van der Waals surface area (Å²) in [4.78, 5) is 12.1. The highest BCUT2D eigenvalue weighted by Gasteiger charge is 2.32. The second-order valence-electron chi connectivity index (χ2n) is 3.43. The Balaban J connectivity index is 2.68. The third-order valence-electron chi connectivity index (χ3n) is 1.88. The van der Waals surface area contributed by atoms with Crippen molar-refractivity contribution < 1.29 is 18.0 Å². The van der Waals surface area contributed by atoms with Gasteiger partial charge in [0.2, 0.25) is 0 Å². The molecule has 0 atom stereocenters. The molecule has 0 saturated carbocycles. The van der Waals surface area contributed by atoms with Gasteiger partial charge in [0.15, 0.2) is 5.69 Å². The normalized spacial score (nSPS) is 11.6. The van der Waals surface area contributed by atoms with E-state index < -0.39 is 18.6 Å². The molecule has 1 amide bonds. The molecule has 1 aromatic heterocycles. The lowest BCUT2D eigenvalue weighted by atomic mass is 10.4. The highest BCUT2D eigenvalue weighted by molar-refractivity contribution is 5.91. The maximum atomic E-state index is 12.1. The Labute approximate surface area is 95.2 Å². The number of rotatable bonds is 4. The van der Waals surface area contributed by atoms with Crippen LogP contribution < -0.4 is 5.73 Å². The number of carbonyl (C=O) groups excluding carboxylic acids is 1. The molecule has 0 aliphatic carbocycles. The molecule has 17 heavy (non-hydrogen) atoms. The van der Waals surface area contributed by atoms with E-state index in [1.807, 2.05) is 0 Å². The van der Waals surface area contributed by atoms with Crippen LogP contribution in [0, 0.1) is 0 Å². The number of nitrogens with zero attached hydrogens (tertiary/aromatic N) is 4. The van der Waals surface area contributed by atoms with Gasteiger partial charge in [-0.25, -0.2) is 0 Å². The molecule has 9 heteroatoms. The van der Waals surface area contributed by atoms with Gasteiger partial charge in [-0.1, -0.05) is 5.21 Å². The minimum absolute atomic E-state index is 0.134. The quantitative estimate of drug-likeness (QED) is 0.808. The largest absolute Gasteiger partial charge is 0.406 e. The molecule has 96 valence electrons. The lowest BCUT2D eigenvalue weighted by Crippen LogP contribution is -2.36. The Kier molecular flexibility index (Phi) is 4.05. The molecule has 0 aromatic carbocycles. The summed E-state index contributed by atoms with van der Waals surface area (Å²) < 4.78 is 37.5. The SMILES string of the molecule is CN(CC(F)(F)F)C(=O)c1cn(CCN)nn1. The monoisotopic (exact) mass is 251 g/mol. The van der Waals surface area contributed by atoms with Crippen LogP contribution in [-0.4, -0.2) is 52.1 Å². The van der Waals surface area contributed by atoms with Crippen molar-refractivity contribution in [3.8, 4) is 0 Å². The van der Waals surface area contributed by atoms with E-state index in [1.165, 1.54) is 10.9 Å². The molecule has 1 rings (SSSR count). The number of hydrogen-bond acceptors (Lipinski definition) is 4. The Morgan fingerprint density at radius 1 is 1.59 bits per heavy atom. The van der Waals surface area contributed by atoms with Crippen LogP contribution in [0.2, 0.25) is 0 Å². The zero-order valence-corrected chi connectivity index (χ0v) is 9.11. The van der Waals surface area contributed by atoms with Gasteiger partial charge in [-0.15, -0.1) is 5.10 Å². The summed E-state index contributed by atoms with van der Waals surface area (Å²) in [5.41, 5.74) is 5.12. The van der Waals surface area contributed by atoms with Crippen molar-refractivity contribution >= 4 is 5.91 Å². The van der Waals surface area contributed by atoms with Crippen LogP contribution in [-0.2, 0) is 6.54 Å². The molecule has 0 aliphatic heterocycles. The van der Waals surface area contributed by atoms with Gasteiger partial charge in [-0.2, -0.15) is 13.2 Å². The third kappa shape index (κ3) is 4.02. The minimum Gasteiger partial charge on any atom is -0.331 e. The van der Waals surface area contributed by atoms with E-state index in [0.717, 1.165) is 7.05 Å². The first-order valence-electron chi connectivity index (χ1n) is 4.76. The van der Waals surface area contributed by atoms with E-state index in [0.29, 0.717) is 18.0 Å². The van der Waals surface area contributed by atoms with Crippen LogP contribution in [0.5, 0.6) is 0 Å². The van der Waals surface area contributed by atoms with Gasteiger partial charge >= 0.3 is 6.18 Å². The first-order chi connectivity index (χ1) is 7.83. The lowest BCUT2D eigenvalue weighted by molar-refractivity contribution is -0.138. The highest BCUT2D eigenvalue weighted by Crippen LogP contribution is 2.16. The molecule has 1 aromatic rings. The van der Waals surface area contributed by atoms with Crippen LogP contribution in [0.25, 0.3) is 0 Å². The van der Waals surface area contributed by atoms with Gasteiger partial charge in [-0.3, -0.25) is 9.48 Å². The van der Waals surface area contributed by atoms with E-state index in [1.54, 1.807) is 0 Å². The Morgan fingerprint density at radius 3 is 2.76 bits per heavy atom. The Bertz CT molecular complexity index is 389. The van der Waals surface area contributed by atoms with E-state index in [-0.39, 0.29) is 5.69 Å². The smallest absolute Gasteiger partial charge is 0.331 e. The van der Waals surface area contributed by atoms with Crippen molar-refractivity contribution in [1.29, 1.82) is 0 Å². The molecule has 0 fully saturated rings. The Hall–Kier alpha value is -1.64. The predicted octanol–water partition coefficient (Wildman–Crippen LogP) is -0.129. The number of nitrogens with two attached hydrogens (primary N) is 1. The molecule has 0 unspecified atom stereocenters. The maximum absolute atomic E-state index is 12.1. The van der Waals surface area contributed by atoms with Gasteiger partial charge in [-0.05, 0) is 0 Å². The van der Waals surface area contributed by atoms with E-state index in [4.69, 9.17) is 5.73 Å². The fraction of sp³-hybridized carbons (Fsp3) is 0.625. The zero-order chi connectivity index (χ0) is 13.1. The zero-order valence-electron chi connectivity index (χ0n) is 9.11. The summed E-state index contributed by atoms with van der Waals surface area (Å²) in [5, 5.41) is 7.05. The van der Waals surface area contributed by atoms with E-state index in [9.17, 15) is 18.0 Å². The molecule has 0 saturated heterocycles. The average Bonchev–Trinajstić information content (AvgIpc) is 2.63. The van der Waals surface area contributed by atoms with Crippen molar-refractivity contribution in [1.82, 2.24) is 19.9 Å². The van der Waals surface area contributed by atoms with Crippen LogP contribution in [0.1, 0.15) is 10.5 Å². The number of halogens is 3. The molecule has 0 spiro atoms. The molecule has 2 N–H and O–H groups in total. The van der Waals surface area contributed by atoms with Gasteiger partial charge in [0, 0.05) is 13.6 Å². The first-order valence-corrected chi connectivity index (χ1v) is 4.76. The van der Waals surface area contributed by atoms with Crippen molar-refractivity contribution in [2.45, 2.75) is 12.7 Å². The molecule has 0 bridgehead atoms. The van der Waals surface area contributed by atoms with Crippen molar-refractivity contribution in [2.75, 3.05) is 20.1 Å². The lowest BCUT2D eigenvalue weighted by Gasteiger charge is -2.17. The molecule has 0 aliphatic rings. The minimum atomic E-state index is -4.43. The summed E-state index contributed by atoms with van der Waals surface area (Å²) in [6.07, 6.45) is -3.17. The van der Waals surface area contributed by atoms with Gasteiger partial charge in [0.1, 0.15) is 6.54 Å². The second-order valence-corrected chi connectivity index (χ2v) is 3.43. The van der Waals surface area contributed by atoms with E-state index in [2.05, 4.69) is 10.3 Å². The first kappa shape index (κ1) is 13.4. The molecular weight excluding hydrogens is 239 g/mol. The van der Waals surface area contributed by atoms with Gasteiger partial charge in [0.05, 0.1) is 12.7 Å². The van der Waals surface area contributed by atoms with Crippen LogP contribution in [0.4, 0.5) is 13.2 Å². The number of alkyl halides is 3. The average molecular weight is 251 g/mol. The molecule has 6 nitrogen and oxygen atoms in total. The summed E-state index contributed by atoms with van der Waals surface area (Å²) in [5.74, 6) is -0.828. The van der Waals surface area contributed by atoms with E-state index >= 15 is 0 Å². The number of hydrogen-bond donors (Lipinski definition) is 1. The number of amides is 1. The summed E-state index contributed by atoms with van der Waals surface area (Å²) in [6.45, 7) is -0.672. The maximum Gasteiger partial charge on any atom is 0.406 e. The van der Waals surface area contributed by atoms with Crippen LogP contribution in [0.3, 0.4) is 0 Å². The van der Waals surface area contributed by atoms with Gasteiger partial charge < -0.3 is 10.6 Å². The molecule has 1 heterocycles. The fourth-order valence-corrected chi connectivity index (χ4v) is 1.17. The number of aromatic nitrogens is 3. The standard InChI is InChI=1S/C8H12F3N5O/c1-15(5-8(9,10)11)7(17)6-4-16(3-2-12)14-13-6/h4H,2-3,5,12H2,1H3. The van der Waals surface area contributed by atoms with Crippen molar-refractivity contribution in [3.05, 3.63) is 11.9 Å². The topological polar surface area (TPSA) is 77.0 Å². The Morgan fingerprint density at radius 2 is 2.24 bits per heavy atom. The van der Waals surface area contributed by atoms with Crippen molar-refractivity contribution in [2.24, 2.45) is 5.73 Å². The number of carbonyl (C=O) groups is 1. The summed E-state index contributed by atoms with van der Waals surface area (Å²) >= 11 is 0. The predicted molar refractivity (Wildman–Crippen MR) is 52.1 cm³/mol. The summed E-state index contributed by atoms with van der Waals surface area (Å²) in [7, 11) is 1.05. The second kappa shape index (κ2) is 5.13. The molecule has 0 radical (unpaired) electrons. The highest BCUT2D eigenvalue weighted by atomic mass is 19.4. The van der Waals surface area contributed by atoms with Crippen LogP contribution in [0.15, 0.2) is 6.20 Å². The van der Waals surface area contributed by atoms with Crippen molar-refractivity contribution in [3.63, 3.8) is 0 Å². The fourth-order valence-electron chi connectivity index (χ4n) is 1.17. The van der Waals surface area contributed by atoms with Crippen LogP contribution >= 0.6 is 0 Å².